The summed E-state index contributed by atoms with van der Waals surface area (Å²) in [4.78, 5) is 14.4. The highest BCUT2D eigenvalue weighted by molar-refractivity contribution is 6.40. The maximum Gasteiger partial charge on any atom is 0.356 e. The number of hydrogen-bond donors (Lipinski definition) is 0. The van der Waals surface area contributed by atoms with Gasteiger partial charge in [-0.25, -0.2) is 4.79 Å². The third-order valence-electron chi connectivity index (χ3n) is 0.919. The molecule has 0 saturated carbocycles. The van der Waals surface area contributed by atoms with E-state index in [4.69, 9.17) is 0 Å². The molecular formula is C7H11NO2. The predicted molar refractivity (Wildman–Crippen MR) is 40.2 cm³/mol. The van der Waals surface area contributed by atoms with Crippen molar-refractivity contribution in [2.45, 2.75) is 6.92 Å². The number of hydrogen-bond acceptors (Lipinski definition) is 3. The van der Waals surface area contributed by atoms with Crippen molar-refractivity contribution in [2.24, 2.45) is 4.99 Å². The van der Waals surface area contributed by atoms with Crippen molar-refractivity contribution in [3.05, 3.63) is 12.7 Å². The van der Waals surface area contributed by atoms with Gasteiger partial charge in [-0.1, -0.05) is 6.58 Å². The second-order valence-electron chi connectivity index (χ2n) is 1.53. The SMILES string of the molecule is C=CC(=NC)C(=O)OCC. The molecule has 0 amide bonds. The minimum absolute atomic E-state index is 0.266. The summed E-state index contributed by atoms with van der Waals surface area (Å²) in [5.41, 5.74) is 0.266. The van der Waals surface area contributed by atoms with Crippen molar-refractivity contribution in [1.29, 1.82) is 0 Å². The Bertz CT molecular complexity index is 161. The molecule has 0 unspecified atom stereocenters. The van der Waals surface area contributed by atoms with Crippen LogP contribution in [0.15, 0.2) is 17.6 Å². The van der Waals surface area contributed by atoms with Gasteiger partial charge in [0.25, 0.3) is 0 Å². The fraction of sp³-hybridized carbons (Fsp3) is 0.429. The summed E-state index contributed by atoms with van der Waals surface area (Å²) in [5, 5.41) is 0. The minimum atomic E-state index is -0.417. The molecule has 0 aliphatic heterocycles. The first-order chi connectivity index (χ1) is 4.76. The lowest BCUT2D eigenvalue weighted by Gasteiger charge is -1.98. The second kappa shape index (κ2) is 4.73. The van der Waals surface area contributed by atoms with Crippen molar-refractivity contribution in [3.63, 3.8) is 0 Å². The Balaban J connectivity index is 4.04. The van der Waals surface area contributed by atoms with Gasteiger partial charge in [0, 0.05) is 7.05 Å². The van der Waals surface area contributed by atoms with Crippen LogP contribution >= 0.6 is 0 Å². The molecule has 10 heavy (non-hydrogen) atoms. The monoisotopic (exact) mass is 141 g/mol. The van der Waals surface area contributed by atoms with E-state index in [0.29, 0.717) is 6.61 Å². The lowest BCUT2D eigenvalue weighted by atomic mass is 10.4. The summed E-state index contributed by atoms with van der Waals surface area (Å²) in [6.07, 6.45) is 1.37. The summed E-state index contributed by atoms with van der Waals surface area (Å²) >= 11 is 0. The first-order valence-corrected chi connectivity index (χ1v) is 3.02. The van der Waals surface area contributed by atoms with E-state index < -0.39 is 5.97 Å². The second-order valence-corrected chi connectivity index (χ2v) is 1.53. The van der Waals surface area contributed by atoms with Crippen LogP contribution in [0.3, 0.4) is 0 Å². The quantitative estimate of drug-likeness (QED) is 0.431. The molecule has 3 nitrogen and oxygen atoms in total. The van der Waals surface area contributed by atoms with Gasteiger partial charge in [-0.2, -0.15) is 0 Å². The predicted octanol–water partition coefficient (Wildman–Crippen LogP) is 0.806. The maximum absolute atomic E-state index is 10.8. The summed E-state index contributed by atoms with van der Waals surface area (Å²) in [6.45, 7) is 5.51. The Hall–Kier alpha value is -1.12. The molecular weight excluding hydrogens is 130 g/mol. The highest BCUT2D eigenvalue weighted by Crippen LogP contribution is 1.84. The Morgan fingerprint density at radius 3 is 2.70 bits per heavy atom. The van der Waals surface area contributed by atoms with E-state index in [1.165, 1.54) is 13.1 Å². The first-order valence-electron chi connectivity index (χ1n) is 3.02. The van der Waals surface area contributed by atoms with E-state index in [1.807, 2.05) is 0 Å². The summed E-state index contributed by atoms with van der Waals surface area (Å²) in [6, 6.07) is 0. The first kappa shape index (κ1) is 8.88. The molecule has 0 heterocycles. The summed E-state index contributed by atoms with van der Waals surface area (Å²) in [7, 11) is 1.52. The van der Waals surface area contributed by atoms with Crippen LogP contribution in [0.1, 0.15) is 6.92 Å². The fourth-order valence-corrected chi connectivity index (χ4v) is 0.471. The van der Waals surface area contributed by atoms with Gasteiger partial charge in [0.2, 0.25) is 0 Å². The summed E-state index contributed by atoms with van der Waals surface area (Å²) in [5.74, 6) is -0.417. The molecule has 0 radical (unpaired) electrons. The maximum atomic E-state index is 10.8. The van der Waals surface area contributed by atoms with E-state index in [1.54, 1.807) is 6.92 Å². The van der Waals surface area contributed by atoms with Crippen LogP contribution in [-0.2, 0) is 9.53 Å². The zero-order valence-electron chi connectivity index (χ0n) is 6.26. The molecule has 0 fully saturated rings. The molecule has 0 rings (SSSR count). The Morgan fingerprint density at radius 1 is 1.80 bits per heavy atom. The van der Waals surface area contributed by atoms with Crippen LogP contribution in [-0.4, -0.2) is 25.3 Å². The van der Waals surface area contributed by atoms with Gasteiger partial charge < -0.3 is 4.74 Å². The number of rotatable bonds is 3. The van der Waals surface area contributed by atoms with Gasteiger partial charge in [-0.3, -0.25) is 4.99 Å². The Labute approximate surface area is 60.4 Å². The van der Waals surface area contributed by atoms with Gasteiger partial charge in [-0.05, 0) is 13.0 Å². The third-order valence-corrected chi connectivity index (χ3v) is 0.919. The number of ether oxygens (including phenoxy) is 1. The fourth-order valence-electron chi connectivity index (χ4n) is 0.471. The van der Waals surface area contributed by atoms with Gasteiger partial charge in [0.05, 0.1) is 6.61 Å². The van der Waals surface area contributed by atoms with Gasteiger partial charge in [-0.15, -0.1) is 0 Å². The molecule has 0 aromatic rings. The van der Waals surface area contributed by atoms with Crippen LogP contribution in [0.4, 0.5) is 0 Å². The van der Waals surface area contributed by atoms with Gasteiger partial charge in [0.1, 0.15) is 5.71 Å². The molecule has 0 aromatic heterocycles. The minimum Gasteiger partial charge on any atom is -0.461 e. The molecule has 3 heteroatoms. The number of esters is 1. The Morgan fingerprint density at radius 2 is 2.40 bits per heavy atom. The van der Waals surface area contributed by atoms with E-state index in [-0.39, 0.29) is 5.71 Å². The third kappa shape index (κ3) is 2.44. The van der Waals surface area contributed by atoms with Crippen molar-refractivity contribution >= 4 is 11.7 Å². The smallest absolute Gasteiger partial charge is 0.356 e. The topological polar surface area (TPSA) is 38.7 Å². The number of aliphatic imine (C=N–C) groups is 1. The van der Waals surface area contributed by atoms with Crippen LogP contribution < -0.4 is 0 Å². The van der Waals surface area contributed by atoms with Crippen LogP contribution in [0.25, 0.3) is 0 Å². The standard InChI is InChI=1S/C7H11NO2/c1-4-6(8-3)7(9)10-5-2/h4H,1,5H2,2-3H3. The average Bonchev–Trinajstić information content (AvgIpc) is 1.91. The molecule has 0 spiro atoms. The van der Waals surface area contributed by atoms with Crippen molar-refractivity contribution in [1.82, 2.24) is 0 Å². The molecule has 0 N–H and O–H groups in total. The van der Waals surface area contributed by atoms with Crippen molar-refractivity contribution < 1.29 is 9.53 Å². The van der Waals surface area contributed by atoms with Crippen molar-refractivity contribution in [3.8, 4) is 0 Å². The van der Waals surface area contributed by atoms with E-state index in [9.17, 15) is 4.79 Å². The molecule has 0 atom stereocenters. The highest BCUT2D eigenvalue weighted by atomic mass is 16.5. The number of carbonyl (C=O) groups is 1. The van der Waals surface area contributed by atoms with E-state index in [2.05, 4.69) is 16.3 Å². The molecule has 56 valence electrons. The van der Waals surface area contributed by atoms with E-state index >= 15 is 0 Å². The molecule has 0 aliphatic carbocycles. The highest BCUT2D eigenvalue weighted by Gasteiger charge is 2.05. The number of nitrogens with zero attached hydrogens (tertiary/aromatic N) is 1. The zero-order valence-corrected chi connectivity index (χ0v) is 6.26. The van der Waals surface area contributed by atoms with Crippen molar-refractivity contribution in [2.75, 3.05) is 13.7 Å². The summed E-state index contributed by atoms with van der Waals surface area (Å²) < 4.78 is 4.64. The zero-order chi connectivity index (χ0) is 7.98. The van der Waals surface area contributed by atoms with Crippen LogP contribution in [0, 0.1) is 0 Å². The van der Waals surface area contributed by atoms with Gasteiger partial charge >= 0.3 is 5.97 Å². The number of carbonyl (C=O) groups excluding carboxylic acids is 1. The molecule has 0 aliphatic rings. The lowest BCUT2D eigenvalue weighted by Crippen LogP contribution is -2.14. The van der Waals surface area contributed by atoms with E-state index in [0.717, 1.165) is 0 Å². The largest absolute Gasteiger partial charge is 0.461 e. The average molecular weight is 141 g/mol. The Kier molecular flexibility index (Phi) is 4.20. The van der Waals surface area contributed by atoms with Crippen LogP contribution in [0.5, 0.6) is 0 Å². The van der Waals surface area contributed by atoms with Crippen LogP contribution in [0.2, 0.25) is 0 Å². The molecule has 0 saturated heterocycles. The molecule has 0 bridgehead atoms. The molecule has 0 aromatic carbocycles. The normalized spacial score (nSPS) is 10.8. The lowest BCUT2D eigenvalue weighted by molar-refractivity contribution is -0.134. The van der Waals surface area contributed by atoms with Gasteiger partial charge in [0.15, 0.2) is 0 Å².